The lowest BCUT2D eigenvalue weighted by Crippen LogP contribution is -2.48. The number of nitrogens with zero attached hydrogens (tertiary/aromatic N) is 1. The van der Waals surface area contributed by atoms with Gasteiger partial charge in [0.05, 0.1) is 0 Å². The molecule has 3 heteroatoms. The Hall–Kier alpha value is -1.01. The number of hydrogen-bond donors (Lipinski definition) is 1. The van der Waals surface area contributed by atoms with Gasteiger partial charge in [-0.25, -0.2) is 0 Å². The van der Waals surface area contributed by atoms with Crippen LogP contribution >= 0.6 is 0 Å². The van der Waals surface area contributed by atoms with Gasteiger partial charge in [-0.2, -0.15) is 0 Å². The molecule has 1 amide bonds. The molecule has 0 radical (unpaired) electrons. The molecule has 1 aliphatic heterocycles. The minimum Gasteiger partial charge on any atom is -0.340 e. The van der Waals surface area contributed by atoms with E-state index in [-0.39, 0.29) is 18.0 Å². The minimum absolute atomic E-state index is 0.169. The molecule has 2 atom stereocenters. The molecule has 3 nitrogen and oxygen atoms in total. The molecule has 0 bridgehead atoms. The smallest absolute Gasteiger partial charge is 0.223 e. The van der Waals surface area contributed by atoms with Crippen molar-refractivity contribution < 1.29 is 4.79 Å². The average Bonchev–Trinajstić information content (AvgIpc) is 2.14. The summed E-state index contributed by atoms with van der Waals surface area (Å²) in [5.41, 5.74) is 5.82. The average molecular weight is 194 g/mol. The predicted octanol–water partition coefficient (Wildman–Crippen LogP) is 0.738. The monoisotopic (exact) mass is 194 g/mol. The Morgan fingerprint density at radius 1 is 1.71 bits per heavy atom. The van der Waals surface area contributed by atoms with Crippen LogP contribution in [0.15, 0.2) is 0 Å². The van der Waals surface area contributed by atoms with Gasteiger partial charge < -0.3 is 10.6 Å². The molecule has 0 spiro atoms. The summed E-state index contributed by atoms with van der Waals surface area (Å²) in [5, 5.41) is 0. The molecule has 1 fully saturated rings. The summed E-state index contributed by atoms with van der Waals surface area (Å²) in [5.74, 6) is 2.66. The molecule has 2 unspecified atom stereocenters. The number of hydrogen-bond acceptors (Lipinski definition) is 2. The van der Waals surface area contributed by atoms with Gasteiger partial charge in [-0.05, 0) is 19.8 Å². The Morgan fingerprint density at radius 2 is 2.43 bits per heavy atom. The Balaban J connectivity index is 2.44. The van der Waals surface area contributed by atoms with Gasteiger partial charge >= 0.3 is 0 Å². The van der Waals surface area contributed by atoms with E-state index in [9.17, 15) is 4.79 Å². The van der Waals surface area contributed by atoms with Gasteiger partial charge in [-0.3, -0.25) is 4.79 Å². The number of carbonyl (C=O) groups excluding carboxylic acids is 1. The van der Waals surface area contributed by atoms with E-state index in [2.05, 4.69) is 5.92 Å². The van der Waals surface area contributed by atoms with Crippen molar-refractivity contribution in [3.05, 3.63) is 0 Å². The summed E-state index contributed by atoms with van der Waals surface area (Å²) < 4.78 is 0. The summed E-state index contributed by atoms with van der Waals surface area (Å²) in [6, 6.07) is 0.519. The normalized spacial score (nSPS) is 27.1. The molecule has 0 saturated carbocycles. The Bertz CT molecular complexity index is 244. The fourth-order valence-electron chi connectivity index (χ4n) is 1.90. The van der Waals surface area contributed by atoms with Crippen LogP contribution in [0.4, 0.5) is 0 Å². The zero-order valence-electron chi connectivity index (χ0n) is 8.70. The molecule has 1 rings (SSSR count). The van der Waals surface area contributed by atoms with E-state index in [0.29, 0.717) is 12.8 Å². The summed E-state index contributed by atoms with van der Waals surface area (Å²) in [6.07, 6.45) is 7.94. The van der Waals surface area contributed by atoms with Gasteiger partial charge in [0.15, 0.2) is 0 Å². The van der Waals surface area contributed by atoms with Gasteiger partial charge in [0.1, 0.15) is 0 Å². The molecule has 1 heterocycles. The summed E-state index contributed by atoms with van der Waals surface area (Å²) in [7, 11) is 0. The van der Waals surface area contributed by atoms with Crippen molar-refractivity contribution in [3.63, 3.8) is 0 Å². The molecule has 0 aromatic heterocycles. The van der Waals surface area contributed by atoms with E-state index >= 15 is 0 Å². The van der Waals surface area contributed by atoms with Gasteiger partial charge in [-0.15, -0.1) is 12.3 Å². The second-order valence-corrected chi connectivity index (χ2v) is 3.92. The van der Waals surface area contributed by atoms with Gasteiger partial charge in [0.25, 0.3) is 0 Å². The summed E-state index contributed by atoms with van der Waals surface area (Å²) >= 11 is 0. The minimum atomic E-state index is 0.169. The number of nitrogens with two attached hydrogens (primary N) is 1. The van der Waals surface area contributed by atoms with Crippen LogP contribution < -0.4 is 5.73 Å². The van der Waals surface area contributed by atoms with E-state index in [0.717, 1.165) is 19.4 Å². The van der Waals surface area contributed by atoms with E-state index in [1.165, 1.54) is 0 Å². The van der Waals surface area contributed by atoms with Crippen molar-refractivity contribution in [2.24, 2.45) is 5.73 Å². The largest absolute Gasteiger partial charge is 0.340 e. The standard InChI is InChI=1S/C11H18N2O/c1-3-4-5-11(14)13-7-6-10(12)8-9(13)2/h1,9-10H,4-8,12H2,2H3. The van der Waals surface area contributed by atoms with Gasteiger partial charge in [0, 0.05) is 31.5 Å². The highest BCUT2D eigenvalue weighted by atomic mass is 16.2. The van der Waals surface area contributed by atoms with Crippen LogP contribution in [0.2, 0.25) is 0 Å². The van der Waals surface area contributed by atoms with Crippen LogP contribution in [0, 0.1) is 12.3 Å². The summed E-state index contributed by atoms with van der Waals surface area (Å²) in [6.45, 7) is 2.83. The molecule has 0 aromatic carbocycles. The van der Waals surface area contributed by atoms with E-state index in [1.54, 1.807) is 0 Å². The van der Waals surface area contributed by atoms with Crippen LogP contribution in [0.5, 0.6) is 0 Å². The van der Waals surface area contributed by atoms with Crippen molar-refractivity contribution in [1.82, 2.24) is 4.90 Å². The number of carbonyl (C=O) groups is 1. The molecule has 78 valence electrons. The van der Waals surface area contributed by atoms with Crippen molar-refractivity contribution in [3.8, 4) is 12.3 Å². The van der Waals surface area contributed by atoms with Crippen LogP contribution in [-0.2, 0) is 4.79 Å². The molecule has 0 aromatic rings. The van der Waals surface area contributed by atoms with Crippen molar-refractivity contribution in [2.45, 2.75) is 44.7 Å². The van der Waals surface area contributed by atoms with Gasteiger partial charge in [-0.1, -0.05) is 0 Å². The third-order valence-electron chi connectivity index (χ3n) is 2.72. The molecular formula is C11H18N2O. The van der Waals surface area contributed by atoms with E-state index in [1.807, 2.05) is 11.8 Å². The zero-order valence-corrected chi connectivity index (χ0v) is 8.70. The Morgan fingerprint density at radius 3 is 3.00 bits per heavy atom. The highest BCUT2D eigenvalue weighted by Crippen LogP contribution is 2.16. The summed E-state index contributed by atoms with van der Waals surface area (Å²) in [4.78, 5) is 13.6. The lowest BCUT2D eigenvalue weighted by molar-refractivity contribution is -0.134. The number of amides is 1. The Kier molecular flexibility index (Phi) is 3.97. The first kappa shape index (κ1) is 11.1. The first-order chi connectivity index (χ1) is 6.65. The lowest BCUT2D eigenvalue weighted by Gasteiger charge is -2.36. The first-order valence-corrected chi connectivity index (χ1v) is 5.13. The van der Waals surface area contributed by atoms with Crippen LogP contribution in [0.25, 0.3) is 0 Å². The maximum Gasteiger partial charge on any atom is 0.223 e. The molecule has 2 N–H and O–H groups in total. The maximum absolute atomic E-state index is 11.7. The molecule has 0 aliphatic carbocycles. The lowest BCUT2D eigenvalue weighted by atomic mass is 9.98. The fraction of sp³-hybridized carbons (Fsp3) is 0.727. The maximum atomic E-state index is 11.7. The predicted molar refractivity (Wildman–Crippen MR) is 56.5 cm³/mol. The second kappa shape index (κ2) is 5.02. The van der Waals surface area contributed by atoms with Crippen LogP contribution in [0.1, 0.15) is 32.6 Å². The fourth-order valence-corrected chi connectivity index (χ4v) is 1.90. The van der Waals surface area contributed by atoms with E-state index in [4.69, 9.17) is 12.2 Å². The van der Waals surface area contributed by atoms with E-state index < -0.39 is 0 Å². The molecule has 1 saturated heterocycles. The van der Waals surface area contributed by atoms with Crippen molar-refractivity contribution in [2.75, 3.05) is 6.54 Å². The molecule has 14 heavy (non-hydrogen) atoms. The highest BCUT2D eigenvalue weighted by molar-refractivity contribution is 5.76. The Labute approximate surface area is 85.6 Å². The highest BCUT2D eigenvalue weighted by Gasteiger charge is 2.26. The van der Waals surface area contributed by atoms with Gasteiger partial charge in [0.2, 0.25) is 5.91 Å². The van der Waals surface area contributed by atoms with Crippen LogP contribution in [0.3, 0.4) is 0 Å². The number of terminal acetylenes is 1. The second-order valence-electron chi connectivity index (χ2n) is 3.92. The van der Waals surface area contributed by atoms with Crippen LogP contribution in [-0.4, -0.2) is 29.4 Å². The SMILES string of the molecule is C#CCCC(=O)N1CCC(N)CC1C. The number of rotatable bonds is 2. The quantitative estimate of drug-likeness (QED) is 0.659. The number of piperidine rings is 1. The molecular weight excluding hydrogens is 176 g/mol. The third-order valence-corrected chi connectivity index (χ3v) is 2.72. The first-order valence-electron chi connectivity index (χ1n) is 5.13. The zero-order chi connectivity index (χ0) is 10.6. The van der Waals surface area contributed by atoms with Crippen molar-refractivity contribution >= 4 is 5.91 Å². The third kappa shape index (κ3) is 2.74. The van der Waals surface area contributed by atoms with Crippen molar-refractivity contribution in [1.29, 1.82) is 0 Å². The topological polar surface area (TPSA) is 46.3 Å². The number of likely N-dealkylation sites (tertiary alicyclic amines) is 1. The molecule has 1 aliphatic rings.